The number of hydrogen-bond donors (Lipinski definition) is 0. The van der Waals surface area contributed by atoms with Gasteiger partial charge in [0.2, 0.25) is 0 Å². The van der Waals surface area contributed by atoms with Crippen LogP contribution in [0.5, 0.6) is 0 Å². The summed E-state index contributed by atoms with van der Waals surface area (Å²) < 4.78 is 57.6. The van der Waals surface area contributed by atoms with Crippen LogP contribution >= 0.6 is 0 Å². The van der Waals surface area contributed by atoms with Crippen LogP contribution in [0.4, 0.5) is 28.9 Å². The van der Waals surface area contributed by atoms with Crippen LogP contribution in [0, 0.1) is 23.3 Å². The predicted octanol–water partition coefficient (Wildman–Crippen LogP) is 4.22. The zero-order chi connectivity index (χ0) is 15.7. The first kappa shape index (κ1) is 15.4. The Labute approximate surface area is 127 Å². The van der Waals surface area contributed by atoms with Crippen molar-refractivity contribution in [2.75, 3.05) is 36.0 Å². The molecule has 2 nitrogen and oxygen atoms in total. The van der Waals surface area contributed by atoms with Gasteiger partial charge in [-0.25, -0.2) is 17.6 Å². The minimum absolute atomic E-state index is 0.426. The highest BCUT2D eigenvalue weighted by molar-refractivity contribution is 5.61. The van der Waals surface area contributed by atoms with E-state index in [1.165, 1.54) is 9.80 Å². The lowest BCUT2D eigenvalue weighted by atomic mass is 10.1. The largest absolute Gasteiger partial charge is 0.367 e. The maximum Gasteiger partial charge on any atom is 0.187 e. The van der Waals surface area contributed by atoms with Gasteiger partial charge >= 0.3 is 0 Å². The summed E-state index contributed by atoms with van der Waals surface area (Å²) in [5.41, 5.74) is -1.09. The van der Waals surface area contributed by atoms with Crippen LogP contribution in [0.2, 0.25) is 0 Å². The van der Waals surface area contributed by atoms with Crippen LogP contribution in [0.25, 0.3) is 0 Å². The summed E-state index contributed by atoms with van der Waals surface area (Å²) in [6, 6.07) is 0. The SMILES string of the molecule is Fc1c(F)c(N2CCCCC2)c(F)c(F)c1N1CCCCC1. The van der Waals surface area contributed by atoms with Crippen molar-refractivity contribution in [2.24, 2.45) is 0 Å². The van der Waals surface area contributed by atoms with Crippen LogP contribution in [0.1, 0.15) is 38.5 Å². The van der Waals surface area contributed by atoms with Crippen LogP contribution in [0.3, 0.4) is 0 Å². The van der Waals surface area contributed by atoms with Gasteiger partial charge in [-0.15, -0.1) is 0 Å². The molecule has 0 aromatic heterocycles. The lowest BCUT2D eigenvalue weighted by Gasteiger charge is -2.33. The second kappa shape index (κ2) is 6.34. The minimum Gasteiger partial charge on any atom is -0.367 e. The average molecular weight is 316 g/mol. The molecule has 0 aliphatic carbocycles. The molecular weight excluding hydrogens is 296 g/mol. The molecule has 2 aliphatic heterocycles. The van der Waals surface area contributed by atoms with Crippen LogP contribution in [-0.4, -0.2) is 26.2 Å². The highest BCUT2D eigenvalue weighted by atomic mass is 19.2. The van der Waals surface area contributed by atoms with E-state index >= 15 is 0 Å². The van der Waals surface area contributed by atoms with Gasteiger partial charge in [-0.05, 0) is 38.5 Å². The molecule has 0 amide bonds. The number of rotatable bonds is 2. The molecule has 0 radical (unpaired) electrons. The van der Waals surface area contributed by atoms with Gasteiger partial charge in [0.25, 0.3) is 0 Å². The second-order valence-corrected chi connectivity index (χ2v) is 6.05. The molecule has 1 aromatic carbocycles. The predicted molar refractivity (Wildman–Crippen MR) is 78.4 cm³/mol. The molecule has 1 aromatic rings. The van der Waals surface area contributed by atoms with Gasteiger partial charge in [0.05, 0.1) is 0 Å². The van der Waals surface area contributed by atoms with Crippen molar-refractivity contribution in [1.82, 2.24) is 0 Å². The third-order valence-corrected chi connectivity index (χ3v) is 4.56. The Morgan fingerprint density at radius 2 is 0.727 bits per heavy atom. The maximum atomic E-state index is 14.4. The van der Waals surface area contributed by atoms with E-state index < -0.39 is 34.6 Å². The molecule has 0 atom stereocenters. The van der Waals surface area contributed by atoms with E-state index in [9.17, 15) is 17.6 Å². The Hall–Kier alpha value is -1.46. The van der Waals surface area contributed by atoms with Crippen molar-refractivity contribution in [3.8, 4) is 0 Å². The molecule has 3 rings (SSSR count). The lowest BCUT2D eigenvalue weighted by molar-refractivity contribution is 0.437. The van der Waals surface area contributed by atoms with Gasteiger partial charge in [0, 0.05) is 26.2 Å². The van der Waals surface area contributed by atoms with Crippen molar-refractivity contribution < 1.29 is 17.6 Å². The molecule has 2 saturated heterocycles. The van der Waals surface area contributed by atoms with Gasteiger partial charge in [0.15, 0.2) is 23.3 Å². The van der Waals surface area contributed by atoms with Crippen molar-refractivity contribution in [2.45, 2.75) is 38.5 Å². The molecule has 2 heterocycles. The standard InChI is InChI=1S/C16H20F4N2/c17-11-13(19)16(22-9-5-2-6-10-22)14(20)12(18)15(11)21-7-3-1-4-8-21/h1-10H2. The molecule has 22 heavy (non-hydrogen) atoms. The fourth-order valence-corrected chi connectivity index (χ4v) is 3.40. The molecule has 0 spiro atoms. The Balaban J connectivity index is 2.03. The summed E-state index contributed by atoms with van der Waals surface area (Å²) in [6.45, 7) is 1.71. The first-order valence-electron chi connectivity index (χ1n) is 7.97. The van der Waals surface area contributed by atoms with Gasteiger partial charge in [-0.1, -0.05) is 0 Å². The van der Waals surface area contributed by atoms with Crippen molar-refractivity contribution in [3.05, 3.63) is 23.3 Å². The first-order valence-corrected chi connectivity index (χ1v) is 7.97. The number of nitrogens with zero attached hydrogens (tertiary/aromatic N) is 2. The third-order valence-electron chi connectivity index (χ3n) is 4.56. The Morgan fingerprint density at radius 3 is 1.00 bits per heavy atom. The van der Waals surface area contributed by atoms with E-state index in [4.69, 9.17) is 0 Å². The summed E-state index contributed by atoms with van der Waals surface area (Å²) in [7, 11) is 0. The Morgan fingerprint density at radius 1 is 0.455 bits per heavy atom. The van der Waals surface area contributed by atoms with E-state index in [0.717, 1.165) is 38.5 Å². The van der Waals surface area contributed by atoms with E-state index in [0.29, 0.717) is 26.2 Å². The molecule has 0 N–H and O–H groups in total. The summed E-state index contributed by atoms with van der Waals surface area (Å²) in [4.78, 5) is 2.83. The molecule has 0 saturated carbocycles. The normalized spacial score (nSPS) is 19.6. The highest BCUT2D eigenvalue weighted by Gasteiger charge is 2.32. The number of anilines is 2. The number of benzene rings is 1. The van der Waals surface area contributed by atoms with Gasteiger partial charge in [0.1, 0.15) is 11.4 Å². The summed E-state index contributed by atoms with van der Waals surface area (Å²) in [5.74, 6) is -5.05. The van der Waals surface area contributed by atoms with E-state index in [2.05, 4.69) is 0 Å². The quantitative estimate of drug-likeness (QED) is 0.595. The summed E-state index contributed by atoms with van der Waals surface area (Å²) in [6.07, 6.45) is 5.03. The van der Waals surface area contributed by atoms with Crippen LogP contribution in [-0.2, 0) is 0 Å². The zero-order valence-electron chi connectivity index (χ0n) is 12.5. The maximum absolute atomic E-state index is 14.4. The molecule has 6 heteroatoms. The fraction of sp³-hybridized carbons (Fsp3) is 0.625. The summed E-state index contributed by atoms with van der Waals surface area (Å²) >= 11 is 0. The molecule has 2 fully saturated rings. The van der Waals surface area contributed by atoms with Crippen LogP contribution in [0.15, 0.2) is 0 Å². The highest BCUT2D eigenvalue weighted by Crippen LogP contribution is 2.37. The van der Waals surface area contributed by atoms with E-state index in [-0.39, 0.29) is 0 Å². The van der Waals surface area contributed by atoms with Gasteiger partial charge in [-0.2, -0.15) is 0 Å². The van der Waals surface area contributed by atoms with E-state index in [1.54, 1.807) is 0 Å². The lowest BCUT2D eigenvalue weighted by Crippen LogP contribution is -2.34. The zero-order valence-corrected chi connectivity index (χ0v) is 12.5. The Kier molecular flexibility index (Phi) is 4.45. The number of hydrogen-bond acceptors (Lipinski definition) is 2. The smallest absolute Gasteiger partial charge is 0.187 e. The molecule has 0 bridgehead atoms. The van der Waals surface area contributed by atoms with Crippen LogP contribution < -0.4 is 9.80 Å². The molecule has 0 unspecified atom stereocenters. The molecule has 122 valence electrons. The fourth-order valence-electron chi connectivity index (χ4n) is 3.40. The number of piperidine rings is 2. The van der Waals surface area contributed by atoms with Gasteiger partial charge < -0.3 is 9.80 Å². The van der Waals surface area contributed by atoms with Crippen molar-refractivity contribution >= 4 is 11.4 Å². The molecular formula is C16H20F4N2. The van der Waals surface area contributed by atoms with Gasteiger partial charge in [-0.3, -0.25) is 0 Å². The minimum atomic E-state index is -1.26. The van der Waals surface area contributed by atoms with Crippen molar-refractivity contribution in [3.63, 3.8) is 0 Å². The molecule has 2 aliphatic rings. The Bertz CT molecular complexity index is 472. The third kappa shape index (κ3) is 2.63. The van der Waals surface area contributed by atoms with Crippen molar-refractivity contribution in [1.29, 1.82) is 0 Å². The number of halogens is 4. The topological polar surface area (TPSA) is 6.48 Å². The van der Waals surface area contributed by atoms with E-state index in [1.807, 2.05) is 0 Å². The average Bonchev–Trinajstić information content (AvgIpc) is 2.55. The first-order chi connectivity index (χ1) is 10.6. The monoisotopic (exact) mass is 316 g/mol. The summed E-state index contributed by atoms with van der Waals surface area (Å²) in [5, 5.41) is 0. The second-order valence-electron chi connectivity index (χ2n) is 6.05.